The lowest BCUT2D eigenvalue weighted by Gasteiger charge is -2.32. The van der Waals surface area contributed by atoms with Gasteiger partial charge in [0.1, 0.15) is 6.04 Å². The zero-order chi connectivity index (χ0) is 14.8. The lowest BCUT2D eigenvalue weighted by atomic mass is 10.1. The van der Waals surface area contributed by atoms with E-state index in [4.69, 9.17) is 0 Å². The Labute approximate surface area is 125 Å². The fourth-order valence-electron chi connectivity index (χ4n) is 3.50. The molecule has 3 heterocycles. The van der Waals surface area contributed by atoms with E-state index in [1.54, 1.807) is 0 Å². The van der Waals surface area contributed by atoms with Gasteiger partial charge < -0.3 is 14.8 Å². The maximum Gasteiger partial charge on any atom is 0.245 e. The first-order chi connectivity index (χ1) is 10.2. The Bertz CT molecular complexity index is 537. The molecule has 1 aromatic heterocycles. The number of nitrogens with one attached hydrogen (secondary N) is 1. The highest BCUT2D eigenvalue weighted by molar-refractivity contribution is 5.91. The molecule has 0 spiro atoms. The normalized spacial score (nSPS) is 26.5. The Balaban J connectivity index is 1.83. The summed E-state index contributed by atoms with van der Waals surface area (Å²) < 4.78 is 2.10. The van der Waals surface area contributed by atoms with Crippen LogP contribution in [0.5, 0.6) is 0 Å². The van der Waals surface area contributed by atoms with Crippen LogP contribution in [-0.2, 0) is 16.6 Å². The number of likely N-dealkylation sites (tertiary alicyclic amines) is 1. The smallest absolute Gasteiger partial charge is 0.245 e. The average Bonchev–Trinajstić information content (AvgIpc) is 3.00. The second kappa shape index (κ2) is 5.92. The summed E-state index contributed by atoms with van der Waals surface area (Å²) in [6.45, 7) is 0.793. The summed E-state index contributed by atoms with van der Waals surface area (Å²) in [5.41, 5.74) is 1.19. The van der Waals surface area contributed by atoms with Gasteiger partial charge in [0, 0.05) is 31.9 Å². The van der Waals surface area contributed by atoms with E-state index in [1.807, 2.05) is 24.2 Å². The number of aryl methyl sites for hydroxylation is 1. The molecule has 2 aliphatic heterocycles. The van der Waals surface area contributed by atoms with E-state index in [1.165, 1.54) is 12.1 Å². The van der Waals surface area contributed by atoms with Crippen LogP contribution in [0.3, 0.4) is 0 Å². The lowest BCUT2D eigenvalue weighted by molar-refractivity contribution is -0.136. The molecule has 0 bridgehead atoms. The van der Waals surface area contributed by atoms with Crippen LogP contribution in [0, 0.1) is 0 Å². The first kappa shape index (κ1) is 14.2. The van der Waals surface area contributed by atoms with Crippen LogP contribution < -0.4 is 5.32 Å². The van der Waals surface area contributed by atoms with Gasteiger partial charge in [0.25, 0.3) is 0 Å². The molecule has 0 radical (unpaired) electrons. The highest BCUT2D eigenvalue weighted by atomic mass is 16.2. The average molecular weight is 289 g/mol. The molecule has 3 rings (SSSR count). The Morgan fingerprint density at radius 2 is 2.14 bits per heavy atom. The SMILES string of the molecule is Cn1cccc1C1CCCCCN1C(=O)C1CCC(=O)N1. The summed E-state index contributed by atoms with van der Waals surface area (Å²) in [6.07, 6.45) is 7.50. The number of carbonyl (C=O) groups is 2. The summed E-state index contributed by atoms with van der Waals surface area (Å²) in [5.74, 6) is 0.0903. The predicted octanol–water partition coefficient (Wildman–Crippen LogP) is 1.75. The maximum atomic E-state index is 12.8. The Kier molecular flexibility index (Phi) is 3.99. The number of rotatable bonds is 2. The standard InChI is InChI=1S/C16H23N3O2/c1-18-10-5-7-13(18)14-6-3-2-4-11-19(14)16(21)12-8-9-15(20)17-12/h5,7,10,12,14H,2-4,6,8-9,11H2,1H3,(H,17,20). The molecule has 0 saturated carbocycles. The minimum atomic E-state index is -0.321. The van der Waals surface area contributed by atoms with Gasteiger partial charge >= 0.3 is 0 Å². The Hall–Kier alpha value is -1.78. The van der Waals surface area contributed by atoms with Crippen molar-refractivity contribution in [3.05, 3.63) is 24.0 Å². The van der Waals surface area contributed by atoms with Crippen molar-refractivity contribution >= 4 is 11.8 Å². The molecule has 2 saturated heterocycles. The first-order valence-electron chi connectivity index (χ1n) is 7.88. The summed E-state index contributed by atoms with van der Waals surface area (Å²) in [5, 5.41) is 2.81. The van der Waals surface area contributed by atoms with Gasteiger partial charge in [-0.1, -0.05) is 12.8 Å². The van der Waals surface area contributed by atoms with Crippen molar-refractivity contribution in [2.24, 2.45) is 7.05 Å². The highest BCUT2D eigenvalue weighted by Gasteiger charge is 2.35. The van der Waals surface area contributed by atoms with Crippen molar-refractivity contribution in [2.45, 2.75) is 50.6 Å². The van der Waals surface area contributed by atoms with E-state index >= 15 is 0 Å². The quantitative estimate of drug-likeness (QED) is 0.902. The number of hydrogen-bond acceptors (Lipinski definition) is 2. The molecule has 1 N–H and O–H groups in total. The molecule has 2 aliphatic rings. The maximum absolute atomic E-state index is 12.8. The Morgan fingerprint density at radius 1 is 1.29 bits per heavy atom. The second-order valence-corrected chi connectivity index (χ2v) is 6.10. The van der Waals surface area contributed by atoms with Crippen LogP contribution >= 0.6 is 0 Å². The minimum absolute atomic E-state index is 0.00131. The molecular weight excluding hydrogens is 266 g/mol. The summed E-state index contributed by atoms with van der Waals surface area (Å²) in [4.78, 5) is 26.2. The van der Waals surface area contributed by atoms with Crippen LogP contribution in [-0.4, -0.2) is 33.9 Å². The van der Waals surface area contributed by atoms with E-state index in [0.29, 0.717) is 12.8 Å². The summed E-state index contributed by atoms with van der Waals surface area (Å²) >= 11 is 0. The van der Waals surface area contributed by atoms with E-state index in [9.17, 15) is 9.59 Å². The molecule has 2 amide bonds. The number of aromatic nitrogens is 1. The van der Waals surface area contributed by atoms with Crippen LogP contribution in [0.25, 0.3) is 0 Å². The van der Waals surface area contributed by atoms with Gasteiger partial charge in [-0.05, 0) is 31.4 Å². The second-order valence-electron chi connectivity index (χ2n) is 6.10. The van der Waals surface area contributed by atoms with Crippen LogP contribution in [0.2, 0.25) is 0 Å². The van der Waals surface area contributed by atoms with Crippen molar-refractivity contribution in [1.82, 2.24) is 14.8 Å². The molecule has 0 aromatic carbocycles. The molecule has 0 aliphatic carbocycles. The number of nitrogens with zero attached hydrogens (tertiary/aromatic N) is 2. The van der Waals surface area contributed by atoms with E-state index in [0.717, 1.165) is 25.8 Å². The summed E-state index contributed by atoms with van der Waals surface area (Å²) in [7, 11) is 2.03. The van der Waals surface area contributed by atoms with Crippen molar-refractivity contribution in [1.29, 1.82) is 0 Å². The van der Waals surface area contributed by atoms with Gasteiger partial charge in [0.2, 0.25) is 11.8 Å². The number of hydrogen-bond donors (Lipinski definition) is 1. The summed E-state index contributed by atoms with van der Waals surface area (Å²) in [6, 6.07) is 3.94. The fraction of sp³-hybridized carbons (Fsp3) is 0.625. The van der Waals surface area contributed by atoms with Gasteiger partial charge in [-0.2, -0.15) is 0 Å². The van der Waals surface area contributed by atoms with E-state index in [-0.39, 0.29) is 23.9 Å². The largest absolute Gasteiger partial charge is 0.353 e. The zero-order valence-corrected chi connectivity index (χ0v) is 12.5. The monoisotopic (exact) mass is 289 g/mol. The van der Waals surface area contributed by atoms with Crippen molar-refractivity contribution in [2.75, 3.05) is 6.54 Å². The molecule has 1 aromatic rings. The Morgan fingerprint density at radius 3 is 2.81 bits per heavy atom. The van der Waals surface area contributed by atoms with Crippen molar-refractivity contribution < 1.29 is 9.59 Å². The molecule has 21 heavy (non-hydrogen) atoms. The third-order valence-corrected chi connectivity index (χ3v) is 4.65. The molecule has 5 heteroatoms. The van der Waals surface area contributed by atoms with Crippen LogP contribution in [0.4, 0.5) is 0 Å². The fourth-order valence-corrected chi connectivity index (χ4v) is 3.50. The molecule has 2 fully saturated rings. The third-order valence-electron chi connectivity index (χ3n) is 4.65. The lowest BCUT2D eigenvalue weighted by Crippen LogP contribution is -2.46. The van der Waals surface area contributed by atoms with Gasteiger partial charge in [-0.15, -0.1) is 0 Å². The van der Waals surface area contributed by atoms with E-state index in [2.05, 4.69) is 16.0 Å². The third kappa shape index (κ3) is 2.82. The van der Waals surface area contributed by atoms with Gasteiger partial charge in [-0.3, -0.25) is 9.59 Å². The van der Waals surface area contributed by atoms with Crippen LogP contribution in [0.1, 0.15) is 50.3 Å². The van der Waals surface area contributed by atoms with E-state index < -0.39 is 0 Å². The molecule has 5 nitrogen and oxygen atoms in total. The first-order valence-corrected chi connectivity index (χ1v) is 7.88. The zero-order valence-electron chi connectivity index (χ0n) is 12.5. The van der Waals surface area contributed by atoms with Crippen molar-refractivity contribution in [3.8, 4) is 0 Å². The van der Waals surface area contributed by atoms with Gasteiger partial charge in [-0.25, -0.2) is 0 Å². The highest BCUT2D eigenvalue weighted by Crippen LogP contribution is 2.31. The van der Waals surface area contributed by atoms with Crippen molar-refractivity contribution in [3.63, 3.8) is 0 Å². The number of amides is 2. The van der Waals surface area contributed by atoms with Gasteiger partial charge in [0.05, 0.1) is 6.04 Å². The van der Waals surface area contributed by atoms with Gasteiger partial charge in [0.15, 0.2) is 0 Å². The minimum Gasteiger partial charge on any atom is -0.353 e. The number of carbonyl (C=O) groups excluding carboxylic acids is 2. The molecule has 114 valence electrons. The predicted molar refractivity (Wildman–Crippen MR) is 79.5 cm³/mol. The topological polar surface area (TPSA) is 54.3 Å². The molecular formula is C16H23N3O2. The van der Waals surface area contributed by atoms with Crippen LogP contribution in [0.15, 0.2) is 18.3 Å². The molecule has 2 unspecified atom stereocenters. The molecule has 2 atom stereocenters.